The summed E-state index contributed by atoms with van der Waals surface area (Å²) in [5.41, 5.74) is 0. The molecule has 20 heavy (non-hydrogen) atoms. The van der Waals surface area contributed by atoms with Gasteiger partial charge in [0, 0.05) is 39.3 Å². The molecule has 0 aliphatic heterocycles. The summed E-state index contributed by atoms with van der Waals surface area (Å²) < 4.78 is 5.16. The number of hydrogen-bond acceptors (Lipinski definition) is 3. The molecular formula is C14H29IN4O. The number of ether oxygens (including phenoxy) is 1. The quantitative estimate of drug-likeness (QED) is 0.254. The Morgan fingerprint density at radius 1 is 1.40 bits per heavy atom. The average Bonchev–Trinajstić information content (AvgIpc) is 3.24. The number of nitrogens with zero attached hydrogens (tertiary/aromatic N) is 2. The summed E-state index contributed by atoms with van der Waals surface area (Å²) in [6.45, 7) is 11.0. The van der Waals surface area contributed by atoms with E-state index in [2.05, 4.69) is 34.0 Å². The van der Waals surface area contributed by atoms with Crippen molar-refractivity contribution >= 4 is 29.9 Å². The fraction of sp³-hybridized carbons (Fsp3) is 0.786. The molecule has 118 valence electrons. The van der Waals surface area contributed by atoms with Gasteiger partial charge < -0.3 is 15.4 Å². The van der Waals surface area contributed by atoms with Crippen LogP contribution in [0.2, 0.25) is 0 Å². The van der Waals surface area contributed by atoms with Gasteiger partial charge in [-0.05, 0) is 19.8 Å². The third-order valence-electron chi connectivity index (χ3n) is 3.06. The lowest BCUT2D eigenvalue weighted by molar-refractivity contribution is 0.145. The van der Waals surface area contributed by atoms with Crippen LogP contribution in [0, 0.1) is 0 Å². The van der Waals surface area contributed by atoms with Crippen LogP contribution in [0.25, 0.3) is 0 Å². The molecule has 1 fully saturated rings. The molecule has 5 nitrogen and oxygen atoms in total. The van der Waals surface area contributed by atoms with Crippen molar-refractivity contribution < 1.29 is 4.74 Å². The van der Waals surface area contributed by atoms with Crippen LogP contribution in [0.3, 0.4) is 0 Å². The van der Waals surface area contributed by atoms with Crippen LogP contribution in [0.15, 0.2) is 17.6 Å². The predicted molar refractivity (Wildman–Crippen MR) is 96.1 cm³/mol. The smallest absolute Gasteiger partial charge is 0.191 e. The maximum Gasteiger partial charge on any atom is 0.191 e. The Morgan fingerprint density at radius 3 is 2.70 bits per heavy atom. The van der Waals surface area contributed by atoms with Gasteiger partial charge in [-0.15, -0.1) is 30.6 Å². The Morgan fingerprint density at radius 2 is 2.15 bits per heavy atom. The SMILES string of the molecule is C=CCNC(=NCCN(CCOC)C1CC1)NCC.I. The van der Waals surface area contributed by atoms with Crippen molar-refractivity contribution in [1.29, 1.82) is 0 Å². The highest BCUT2D eigenvalue weighted by Gasteiger charge is 2.27. The molecule has 0 saturated heterocycles. The lowest BCUT2D eigenvalue weighted by Crippen LogP contribution is -2.38. The number of methoxy groups -OCH3 is 1. The minimum Gasteiger partial charge on any atom is -0.383 e. The van der Waals surface area contributed by atoms with Gasteiger partial charge >= 0.3 is 0 Å². The van der Waals surface area contributed by atoms with E-state index in [9.17, 15) is 0 Å². The summed E-state index contributed by atoms with van der Waals surface area (Å²) in [4.78, 5) is 7.05. The molecule has 0 radical (unpaired) electrons. The van der Waals surface area contributed by atoms with Gasteiger partial charge in [0.25, 0.3) is 0 Å². The molecule has 0 bridgehead atoms. The van der Waals surface area contributed by atoms with Crippen LogP contribution in [-0.4, -0.2) is 63.3 Å². The lowest BCUT2D eigenvalue weighted by Gasteiger charge is -2.20. The van der Waals surface area contributed by atoms with Crippen molar-refractivity contribution in [3.8, 4) is 0 Å². The molecule has 0 aromatic rings. The Labute approximate surface area is 140 Å². The number of hydrogen-bond donors (Lipinski definition) is 2. The first-order valence-electron chi connectivity index (χ1n) is 7.17. The summed E-state index contributed by atoms with van der Waals surface area (Å²) in [5.74, 6) is 0.866. The van der Waals surface area contributed by atoms with Crippen molar-refractivity contribution in [3.05, 3.63) is 12.7 Å². The summed E-state index contributed by atoms with van der Waals surface area (Å²) in [7, 11) is 1.76. The molecule has 1 saturated carbocycles. The number of nitrogens with one attached hydrogen (secondary N) is 2. The Bertz CT molecular complexity index is 282. The summed E-state index contributed by atoms with van der Waals surface area (Å²) in [6, 6.07) is 0.758. The number of guanidine groups is 1. The van der Waals surface area contributed by atoms with Gasteiger partial charge in [0.05, 0.1) is 13.2 Å². The predicted octanol–water partition coefficient (Wildman–Crippen LogP) is 1.46. The molecule has 0 aromatic heterocycles. The van der Waals surface area contributed by atoms with Crippen LogP contribution < -0.4 is 10.6 Å². The minimum absolute atomic E-state index is 0. The average molecular weight is 396 g/mol. The van der Waals surface area contributed by atoms with Crippen molar-refractivity contribution in [2.24, 2.45) is 4.99 Å². The molecule has 0 spiro atoms. The lowest BCUT2D eigenvalue weighted by atomic mass is 10.4. The van der Waals surface area contributed by atoms with E-state index >= 15 is 0 Å². The van der Waals surface area contributed by atoms with Crippen LogP contribution in [0.1, 0.15) is 19.8 Å². The van der Waals surface area contributed by atoms with Crippen molar-refractivity contribution in [2.45, 2.75) is 25.8 Å². The van der Waals surface area contributed by atoms with Gasteiger partial charge in [0.2, 0.25) is 0 Å². The zero-order valence-electron chi connectivity index (χ0n) is 12.7. The monoisotopic (exact) mass is 396 g/mol. The maximum absolute atomic E-state index is 5.16. The second-order valence-corrected chi connectivity index (χ2v) is 4.69. The van der Waals surface area contributed by atoms with E-state index in [0.29, 0.717) is 0 Å². The highest BCUT2D eigenvalue weighted by Crippen LogP contribution is 2.26. The third kappa shape index (κ3) is 8.76. The van der Waals surface area contributed by atoms with E-state index in [0.717, 1.165) is 51.3 Å². The molecule has 1 aliphatic rings. The Kier molecular flexibility index (Phi) is 12.2. The number of halogens is 1. The van der Waals surface area contributed by atoms with Crippen LogP contribution in [0.4, 0.5) is 0 Å². The van der Waals surface area contributed by atoms with E-state index < -0.39 is 0 Å². The first-order valence-corrected chi connectivity index (χ1v) is 7.17. The summed E-state index contributed by atoms with van der Waals surface area (Å²) in [5, 5.41) is 6.44. The molecule has 0 unspecified atom stereocenters. The van der Waals surface area contributed by atoms with E-state index in [1.807, 2.05) is 6.08 Å². The van der Waals surface area contributed by atoms with Crippen LogP contribution >= 0.6 is 24.0 Å². The van der Waals surface area contributed by atoms with Gasteiger partial charge in [-0.2, -0.15) is 0 Å². The Hall–Kier alpha value is -0.340. The van der Waals surface area contributed by atoms with Gasteiger partial charge in [-0.25, -0.2) is 0 Å². The molecule has 0 atom stereocenters. The van der Waals surface area contributed by atoms with Gasteiger partial charge in [-0.1, -0.05) is 6.08 Å². The number of rotatable bonds is 10. The largest absolute Gasteiger partial charge is 0.383 e. The zero-order chi connectivity index (χ0) is 13.9. The highest BCUT2D eigenvalue weighted by molar-refractivity contribution is 14.0. The van der Waals surface area contributed by atoms with Gasteiger partial charge in [-0.3, -0.25) is 9.89 Å². The molecule has 1 rings (SSSR count). The summed E-state index contributed by atoms with van der Waals surface area (Å²) >= 11 is 0. The molecule has 2 N–H and O–H groups in total. The molecule has 0 amide bonds. The van der Waals surface area contributed by atoms with Crippen LogP contribution in [-0.2, 0) is 4.74 Å². The van der Waals surface area contributed by atoms with E-state index in [1.54, 1.807) is 7.11 Å². The first-order chi connectivity index (χ1) is 9.31. The molecular weight excluding hydrogens is 367 g/mol. The highest BCUT2D eigenvalue weighted by atomic mass is 127. The fourth-order valence-corrected chi connectivity index (χ4v) is 1.93. The van der Waals surface area contributed by atoms with Crippen LogP contribution in [0.5, 0.6) is 0 Å². The second-order valence-electron chi connectivity index (χ2n) is 4.69. The maximum atomic E-state index is 5.16. The molecule has 1 aliphatic carbocycles. The second kappa shape index (κ2) is 12.4. The standard InChI is InChI=1S/C14H28N4O.HI/c1-4-8-16-14(15-5-2)17-9-10-18(11-12-19-3)13-6-7-13;/h4,13H,1,5-12H2,2-3H3,(H2,15,16,17);1H. The number of aliphatic imine (C=N–C) groups is 1. The normalized spacial score (nSPS) is 14.8. The topological polar surface area (TPSA) is 48.9 Å². The molecule has 6 heteroatoms. The molecule has 0 heterocycles. The zero-order valence-corrected chi connectivity index (χ0v) is 15.1. The Balaban J connectivity index is 0.00000361. The van der Waals surface area contributed by atoms with Crippen molar-refractivity contribution in [3.63, 3.8) is 0 Å². The summed E-state index contributed by atoms with van der Waals surface area (Å²) in [6.07, 6.45) is 4.48. The van der Waals surface area contributed by atoms with E-state index in [4.69, 9.17) is 4.74 Å². The molecule has 0 aromatic carbocycles. The van der Waals surface area contributed by atoms with Gasteiger partial charge in [0.1, 0.15) is 0 Å². The fourth-order valence-electron chi connectivity index (χ4n) is 1.93. The van der Waals surface area contributed by atoms with E-state index in [-0.39, 0.29) is 24.0 Å². The van der Waals surface area contributed by atoms with Gasteiger partial charge in [0.15, 0.2) is 5.96 Å². The first kappa shape index (κ1) is 19.7. The van der Waals surface area contributed by atoms with Crippen molar-refractivity contribution in [1.82, 2.24) is 15.5 Å². The van der Waals surface area contributed by atoms with E-state index in [1.165, 1.54) is 12.8 Å². The minimum atomic E-state index is 0. The third-order valence-corrected chi connectivity index (χ3v) is 3.06. The van der Waals surface area contributed by atoms with Crippen molar-refractivity contribution in [2.75, 3.05) is 46.4 Å².